The van der Waals surface area contributed by atoms with E-state index in [-0.39, 0.29) is 24.5 Å². The van der Waals surface area contributed by atoms with Crippen molar-refractivity contribution in [2.45, 2.75) is 59.3 Å². The van der Waals surface area contributed by atoms with Crippen molar-refractivity contribution in [3.63, 3.8) is 0 Å². The minimum atomic E-state index is -0.755. The fourth-order valence-corrected chi connectivity index (χ4v) is 2.04. The molecule has 1 heterocycles. The molecule has 6 nitrogen and oxygen atoms in total. The Morgan fingerprint density at radius 2 is 1.82 bits per heavy atom. The normalized spacial score (nSPS) is 23.0. The molecule has 0 radical (unpaired) electrons. The average Bonchev–Trinajstić information content (AvgIpc) is 3.25. The van der Waals surface area contributed by atoms with E-state index >= 15 is 0 Å². The molecule has 6 heteroatoms. The molecule has 0 aromatic carbocycles. The molecular formula is C16H29NO5. The Morgan fingerprint density at radius 3 is 2.36 bits per heavy atom. The molecule has 0 saturated carbocycles. The standard InChI is InChI=1S/C16H29NO5/c1-6-11(5)12(9-20-8-10(3)4)17-15(18)13-14(22-13)16(19)21-7-2/h10-14H,6-9H2,1-5H3,(H,17,18)/t11-,12?,13-,14-/m0/s1. The van der Waals surface area contributed by atoms with Gasteiger partial charge in [-0.2, -0.15) is 0 Å². The van der Waals surface area contributed by atoms with Crippen LogP contribution in [0.5, 0.6) is 0 Å². The molecule has 1 rings (SSSR count). The summed E-state index contributed by atoms with van der Waals surface area (Å²) in [5.74, 6) is -0.000512. The zero-order valence-electron chi connectivity index (χ0n) is 14.3. The number of hydrogen-bond acceptors (Lipinski definition) is 5. The lowest BCUT2D eigenvalue weighted by molar-refractivity contribution is -0.144. The van der Waals surface area contributed by atoms with Gasteiger partial charge in [0.25, 0.3) is 5.91 Å². The summed E-state index contributed by atoms with van der Waals surface area (Å²) in [4.78, 5) is 23.6. The van der Waals surface area contributed by atoms with E-state index in [2.05, 4.69) is 33.0 Å². The predicted octanol–water partition coefficient (Wildman–Crippen LogP) is 1.52. The second-order valence-electron chi connectivity index (χ2n) is 6.16. The van der Waals surface area contributed by atoms with Gasteiger partial charge in [0.2, 0.25) is 0 Å². The lowest BCUT2D eigenvalue weighted by Crippen LogP contribution is -2.45. The van der Waals surface area contributed by atoms with E-state index in [4.69, 9.17) is 14.2 Å². The maximum absolute atomic E-state index is 12.2. The van der Waals surface area contributed by atoms with Gasteiger partial charge in [0, 0.05) is 6.61 Å². The molecule has 128 valence electrons. The zero-order valence-corrected chi connectivity index (χ0v) is 14.3. The van der Waals surface area contributed by atoms with E-state index in [0.717, 1.165) is 6.42 Å². The van der Waals surface area contributed by atoms with Crippen molar-refractivity contribution in [3.05, 3.63) is 0 Å². The monoisotopic (exact) mass is 315 g/mol. The van der Waals surface area contributed by atoms with Crippen molar-refractivity contribution in [3.8, 4) is 0 Å². The summed E-state index contributed by atoms with van der Waals surface area (Å²) in [5, 5.41) is 2.93. The van der Waals surface area contributed by atoms with Crippen molar-refractivity contribution >= 4 is 11.9 Å². The summed E-state index contributed by atoms with van der Waals surface area (Å²) >= 11 is 0. The third-order valence-electron chi connectivity index (χ3n) is 3.68. The molecule has 0 aromatic rings. The molecule has 0 spiro atoms. The van der Waals surface area contributed by atoms with Gasteiger partial charge in [-0.25, -0.2) is 4.79 Å². The van der Waals surface area contributed by atoms with E-state index in [1.165, 1.54) is 0 Å². The Bertz CT molecular complexity index is 372. The third-order valence-corrected chi connectivity index (χ3v) is 3.68. The first-order valence-corrected chi connectivity index (χ1v) is 8.10. The van der Waals surface area contributed by atoms with Crippen LogP contribution >= 0.6 is 0 Å². The number of esters is 1. The Balaban J connectivity index is 2.45. The van der Waals surface area contributed by atoms with Crippen molar-refractivity contribution in [1.82, 2.24) is 5.32 Å². The number of carbonyl (C=O) groups excluding carboxylic acids is 2. The minimum Gasteiger partial charge on any atom is -0.464 e. The largest absolute Gasteiger partial charge is 0.464 e. The summed E-state index contributed by atoms with van der Waals surface area (Å²) in [6.07, 6.45) is -0.548. The molecule has 0 aliphatic carbocycles. The third kappa shape index (κ3) is 5.93. The second kappa shape index (κ2) is 9.10. The molecule has 0 bridgehead atoms. The maximum Gasteiger partial charge on any atom is 0.338 e. The van der Waals surface area contributed by atoms with Crippen LogP contribution in [-0.4, -0.2) is 49.9 Å². The topological polar surface area (TPSA) is 77.2 Å². The highest BCUT2D eigenvalue weighted by molar-refractivity contribution is 5.92. The lowest BCUT2D eigenvalue weighted by atomic mass is 9.99. The van der Waals surface area contributed by atoms with Crippen LogP contribution < -0.4 is 5.32 Å². The summed E-state index contributed by atoms with van der Waals surface area (Å²) in [5.41, 5.74) is 0. The maximum atomic E-state index is 12.2. The van der Waals surface area contributed by atoms with Crippen LogP contribution in [0, 0.1) is 11.8 Å². The summed E-state index contributed by atoms with van der Waals surface area (Å²) < 4.78 is 15.6. The Labute approximate surface area is 132 Å². The number of amides is 1. The number of epoxide rings is 1. The van der Waals surface area contributed by atoms with E-state index < -0.39 is 18.2 Å². The molecule has 1 amide bonds. The summed E-state index contributed by atoms with van der Waals surface area (Å²) in [7, 11) is 0. The van der Waals surface area contributed by atoms with E-state index in [9.17, 15) is 9.59 Å². The highest BCUT2D eigenvalue weighted by Gasteiger charge is 2.51. The van der Waals surface area contributed by atoms with Crippen molar-refractivity contribution in [2.24, 2.45) is 11.8 Å². The van der Waals surface area contributed by atoms with Gasteiger partial charge in [-0.3, -0.25) is 4.79 Å². The molecular weight excluding hydrogens is 286 g/mol. The molecule has 1 aliphatic heterocycles. The van der Waals surface area contributed by atoms with Crippen LogP contribution in [0.4, 0.5) is 0 Å². The molecule has 0 aromatic heterocycles. The lowest BCUT2D eigenvalue weighted by Gasteiger charge is -2.24. The molecule has 1 N–H and O–H groups in total. The Morgan fingerprint density at radius 1 is 1.14 bits per heavy atom. The SMILES string of the molecule is CCOC(=O)[C@H]1O[C@@H]1C(=O)NC(COCC(C)C)[C@@H](C)CC. The van der Waals surface area contributed by atoms with Crippen LogP contribution in [0.2, 0.25) is 0 Å². The number of carbonyl (C=O) groups is 2. The van der Waals surface area contributed by atoms with E-state index in [1.807, 2.05) is 0 Å². The van der Waals surface area contributed by atoms with Crippen LogP contribution in [0.25, 0.3) is 0 Å². The number of hydrogen-bond donors (Lipinski definition) is 1. The molecule has 22 heavy (non-hydrogen) atoms. The quantitative estimate of drug-likeness (QED) is 0.488. The van der Waals surface area contributed by atoms with Crippen molar-refractivity contribution in [2.75, 3.05) is 19.8 Å². The molecule has 1 fully saturated rings. The molecule has 1 saturated heterocycles. The highest BCUT2D eigenvalue weighted by Crippen LogP contribution is 2.24. The molecule has 1 unspecified atom stereocenters. The number of ether oxygens (including phenoxy) is 3. The van der Waals surface area contributed by atoms with E-state index in [0.29, 0.717) is 19.1 Å². The van der Waals surface area contributed by atoms with Crippen LogP contribution in [0.3, 0.4) is 0 Å². The molecule has 1 aliphatic rings. The highest BCUT2D eigenvalue weighted by atomic mass is 16.6. The van der Waals surface area contributed by atoms with Crippen LogP contribution in [0.15, 0.2) is 0 Å². The Kier molecular flexibility index (Phi) is 7.82. The fourth-order valence-electron chi connectivity index (χ4n) is 2.04. The fraction of sp³-hybridized carbons (Fsp3) is 0.875. The first kappa shape index (κ1) is 18.9. The van der Waals surface area contributed by atoms with Gasteiger partial charge in [0.15, 0.2) is 12.2 Å². The van der Waals surface area contributed by atoms with Gasteiger partial charge in [-0.05, 0) is 18.8 Å². The Hall–Kier alpha value is -1.14. The van der Waals surface area contributed by atoms with Gasteiger partial charge in [0.05, 0.1) is 19.3 Å². The van der Waals surface area contributed by atoms with Gasteiger partial charge in [0.1, 0.15) is 0 Å². The minimum absolute atomic E-state index is 0.0803. The van der Waals surface area contributed by atoms with Gasteiger partial charge < -0.3 is 19.5 Å². The first-order valence-electron chi connectivity index (χ1n) is 8.10. The second-order valence-corrected chi connectivity index (χ2v) is 6.16. The van der Waals surface area contributed by atoms with E-state index in [1.54, 1.807) is 6.92 Å². The summed E-state index contributed by atoms with van der Waals surface area (Å²) in [6.45, 7) is 11.4. The molecule has 4 atom stereocenters. The van der Waals surface area contributed by atoms with Crippen LogP contribution in [-0.2, 0) is 23.8 Å². The van der Waals surface area contributed by atoms with Crippen molar-refractivity contribution < 1.29 is 23.8 Å². The number of rotatable bonds is 10. The first-order chi connectivity index (χ1) is 10.4. The number of nitrogens with one attached hydrogen (secondary N) is 1. The predicted molar refractivity (Wildman–Crippen MR) is 82.3 cm³/mol. The smallest absolute Gasteiger partial charge is 0.338 e. The average molecular weight is 315 g/mol. The summed E-state index contributed by atoms with van der Waals surface area (Å²) in [6, 6.07) is -0.0803. The van der Waals surface area contributed by atoms with Gasteiger partial charge in [-0.15, -0.1) is 0 Å². The zero-order chi connectivity index (χ0) is 16.7. The van der Waals surface area contributed by atoms with Gasteiger partial charge in [-0.1, -0.05) is 34.1 Å². The van der Waals surface area contributed by atoms with Gasteiger partial charge >= 0.3 is 5.97 Å². The van der Waals surface area contributed by atoms with Crippen molar-refractivity contribution in [1.29, 1.82) is 0 Å². The van der Waals surface area contributed by atoms with Crippen LogP contribution in [0.1, 0.15) is 41.0 Å².